The monoisotopic (exact) mass is 324 g/mol. The van der Waals surface area contributed by atoms with Crippen LogP contribution in [0.2, 0.25) is 0 Å². The van der Waals surface area contributed by atoms with E-state index < -0.39 is 0 Å². The predicted octanol–water partition coefficient (Wildman–Crippen LogP) is 6.49. The molecule has 0 unspecified atom stereocenters. The molecule has 0 spiro atoms. The Morgan fingerprint density at radius 2 is 1.58 bits per heavy atom. The van der Waals surface area contributed by atoms with Crippen molar-refractivity contribution < 1.29 is 4.74 Å². The van der Waals surface area contributed by atoms with Gasteiger partial charge in [-0.05, 0) is 42.9 Å². The first-order chi connectivity index (χ1) is 11.3. The number of hydrogen-bond acceptors (Lipinski definition) is 1. The molecule has 1 nitrogen and oxygen atoms in total. The minimum atomic E-state index is -0.0969. The first-order valence-corrected chi connectivity index (χ1v) is 9.16. The third-order valence-electron chi connectivity index (χ3n) is 4.73. The lowest BCUT2D eigenvalue weighted by molar-refractivity contribution is 0.234. The standard InChI is InChI=1S/C23H32O/c1-8-18-14-20(16(2)3)22(24-17(4)5)21(15-18)23(6,7)19-12-10-9-11-13-19/h9-17H,8H2,1-7H3. The van der Waals surface area contributed by atoms with E-state index in [9.17, 15) is 0 Å². The van der Waals surface area contributed by atoms with Crippen LogP contribution >= 0.6 is 0 Å². The molecule has 0 heterocycles. The quantitative estimate of drug-likeness (QED) is 0.590. The average molecular weight is 325 g/mol. The maximum atomic E-state index is 6.35. The third kappa shape index (κ3) is 3.83. The van der Waals surface area contributed by atoms with Crippen molar-refractivity contribution in [2.24, 2.45) is 0 Å². The molecule has 2 aromatic rings. The fourth-order valence-corrected chi connectivity index (χ4v) is 3.19. The minimum absolute atomic E-state index is 0.0969. The van der Waals surface area contributed by atoms with Crippen LogP contribution in [0.1, 0.15) is 76.6 Å². The van der Waals surface area contributed by atoms with E-state index in [1.165, 1.54) is 22.3 Å². The van der Waals surface area contributed by atoms with Crippen LogP contribution < -0.4 is 4.74 Å². The lowest BCUT2D eigenvalue weighted by Crippen LogP contribution is -2.23. The zero-order valence-corrected chi connectivity index (χ0v) is 16.3. The fraction of sp³-hybridized carbons (Fsp3) is 0.478. The highest BCUT2D eigenvalue weighted by atomic mass is 16.5. The van der Waals surface area contributed by atoms with Crippen molar-refractivity contribution in [3.63, 3.8) is 0 Å². The number of ether oxygens (including phenoxy) is 1. The van der Waals surface area contributed by atoms with Crippen LogP contribution in [0, 0.1) is 0 Å². The second-order valence-electron chi connectivity index (χ2n) is 7.73. The third-order valence-corrected chi connectivity index (χ3v) is 4.73. The molecule has 0 radical (unpaired) electrons. The van der Waals surface area contributed by atoms with Gasteiger partial charge in [0.2, 0.25) is 0 Å². The summed E-state index contributed by atoms with van der Waals surface area (Å²) in [5.41, 5.74) is 5.23. The van der Waals surface area contributed by atoms with E-state index in [0.717, 1.165) is 12.2 Å². The van der Waals surface area contributed by atoms with Gasteiger partial charge >= 0.3 is 0 Å². The fourth-order valence-electron chi connectivity index (χ4n) is 3.19. The Bertz CT molecular complexity index is 666. The molecule has 0 atom stereocenters. The summed E-state index contributed by atoms with van der Waals surface area (Å²) in [6.45, 7) is 15.5. The van der Waals surface area contributed by atoms with Crippen molar-refractivity contribution in [2.75, 3.05) is 0 Å². The Labute approximate surface area is 148 Å². The summed E-state index contributed by atoms with van der Waals surface area (Å²) in [6.07, 6.45) is 1.21. The molecule has 0 saturated heterocycles. The highest BCUT2D eigenvalue weighted by Gasteiger charge is 2.29. The Morgan fingerprint density at radius 1 is 0.958 bits per heavy atom. The molecule has 1 heteroatoms. The molecule has 0 aliphatic heterocycles. The van der Waals surface area contributed by atoms with E-state index in [4.69, 9.17) is 4.74 Å². The second-order valence-corrected chi connectivity index (χ2v) is 7.73. The molecule has 0 aromatic heterocycles. The Kier molecular flexibility index (Phi) is 5.74. The summed E-state index contributed by atoms with van der Waals surface area (Å²) in [4.78, 5) is 0. The maximum Gasteiger partial charge on any atom is 0.127 e. The van der Waals surface area contributed by atoms with E-state index in [1.54, 1.807) is 0 Å². The summed E-state index contributed by atoms with van der Waals surface area (Å²) < 4.78 is 6.35. The number of hydrogen-bond donors (Lipinski definition) is 0. The van der Waals surface area contributed by atoms with Gasteiger partial charge in [0.15, 0.2) is 0 Å². The number of rotatable bonds is 6. The van der Waals surface area contributed by atoms with E-state index in [-0.39, 0.29) is 11.5 Å². The number of aryl methyl sites for hydroxylation is 1. The summed E-state index contributed by atoms with van der Waals surface area (Å²) in [6, 6.07) is 15.4. The van der Waals surface area contributed by atoms with Crippen LogP contribution in [0.4, 0.5) is 0 Å². The van der Waals surface area contributed by atoms with Crippen molar-refractivity contribution in [3.05, 3.63) is 64.7 Å². The molecule has 0 aliphatic rings. The van der Waals surface area contributed by atoms with Crippen LogP contribution in [-0.4, -0.2) is 6.10 Å². The normalized spacial score (nSPS) is 12.0. The minimum Gasteiger partial charge on any atom is -0.490 e. The van der Waals surface area contributed by atoms with Crippen LogP contribution in [0.3, 0.4) is 0 Å². The van der Waals surface area contributed by atoms with Gasteiger partial charge in [-0.25, -0.2) is 0 Å². The van der Waals surface area contributed by atoms with Crippen LogP contribution in [0.5, 0.6) is 5.75 Å². The molecule has 0 N–H and O–H groups in total. The first-order valence-electron chi connectivity index (χ1n) is 9.16. The maximum absolute atomic E-state index is 6.35. The van der Waals surface area contributed by atoms with E-state index >= 15 is 0 Å². The lowest BCUT2D eigenvalue weighted by atomic mass is 9.75. The smallest absolute Gasteiger partial charge is 0.127 e. The molecule has 0 aliphatic carbocycles. The van der Waals surface area contributed by atoms with Crippen molar-refractivity contribution in [1.29, 1.82) is 0 Å². The lowest BCUT2D eigenvalue weighted by Gasteiger charge is -2.32. The molecular weight excluding hydrogens is 292 g/mol. The largest absolute Gasteiger partial charge is 0.490 e. The molecule has 0 amide bonds. The van der Waals surface area contributed by atoms with Crippen molar-refractivity contribution in [3.8, 4) is 5.75 Å². The van der Waals surface area contributed by atoms with E-state index in [2.05, 4.69) is 90.9 Å². The highest BCUT2D eigenvalue weighted by molar-refractivity contribution is 5.53. The molecule has 0 bridgehead atoms. The van der Waals surface area contributed by atoms with E-state index in [1.807, 2.05) is 0 Å². The second kappa shape index (κ2) is 7.42. The van der Waals surface area contributed by atoms with Gasteiger partial charge in [0.25, 0.3) is 0 Å². The van der Waals surface area contributed by atoms with Gasteiger partial charge < -0.3 is 4.74 Å². The van der Waals surface area contributed by atoms with Crippen molar-refractivity contribution in [1.82, 2.24) is 0 Å². The average Bonchev–Trinajstić information content (AvgIpc) is 2.54. The summed E-state index contributed by atoms with van der Waals surface area (Å²) in [5, 5.41) is 0. The molecule has 0 fully saturated rings. The summed E-state index contributed by atoms with van der Waals surface area (Å²) in [5.74, 6) is 1.52. The molecule has 24 heavy (non-hydrogen) atoms. The molecule has 2 aromatic carbocycles. The van der Waals surface area contributed by atoms with Gasteiger partial charge in [0.05, 0.1) is 6.10 Å². The summed E-state index contributed by atoms with van der Waals surface area (Å²) in [7, 11) is 0. The van der Waals surface area contributed by atoms with Gasteiger partial charge in [-0.15, -0.1) is 0 Å². The molecule has 130 valence electrons. The SMILES string of the molecule is CCc1cc(C(C)C)c(OC(C)C)c(C(C)(C)c2ccccc2)c1. The predicted molar refractivity (Wildman–Crippen MR) is 104 cm³/mol. The Balaban J connectivity index is 2.72. The first kappa shape index (κ1) is 18.6. The van der Waals surface area contributed by atoms with E-state index in [0.29, 0.717) is 5.92 Å². The Hall–Kier alpha value is -1.76. The topological polar surface area (TPSA) is 9.23 Å². The summed E-state index contributed by atoms with van der Waals surface area (Å²) >= 11 is 0. The van der Waals surface area contributed by atoms with Crippen LogP contribution in [0.25, 0.3) is 0 Å². The number of benzene rings is 2. The zero-order valence-electron chi connectivity index (χ0n) is 16.3. The molecule has 2 rings (SSSR count). The zero-order chi connectivity index (χ0) is 17.9. The van der Waals surface area contributed by atoms with Gasteiger partial charge in [0.1, 0.15) is 5.75 Å². The molecular formula is C23H32O. The van der Waals surface area contributed by atoms with Gasteiger partial charge in [0, 0.05) is 11.0 Å². The van der Waals surface area contributed by atoms with Crippen molar-refractivity contribution in [2.45, 2.75) is 72.3 Å². The Morgan fingerprint density at radius 3 is 2.08 bits per heavy atom. The van der Waals surface area contributed by atoms with Crippen LogP contribution in [-0.2, 0) is 11.8 Å². The molecule has 0 saturated carbocycles. The van der Waals surface area contributed by atoms with Gasteiger partial charge in [-0.3, -0.25) is 0 Å². The van der Waals surface area contributed by atoms with Gasteiger partial charge in [-0.2, -0.15) is 0 Å². The van der Waals surface area contributed by atoms with Crippen molar-refractivity contribution >= 4 is 0 Å². The van der Waals surface area contributed by atoms with Crippen LogP contribution in [0.15, 0.2) is 42.5 Å². The highest BCUT2D eigenvalue weighted by Crippen LogP contribution is 2.42. The van der Waals surface area contributed by atoms with Gasteiger partial charge in [-0.1, -0.05) is 77.1 Å².